The molecule has 5 rings (SSSR count). The summed E-state index contributed by atoms with van der Waals surface area (Å²) in [5, 5.41) is 19.8. The summed E-state index contributed by atoms with van der Waals surface area (Å²) in [5.74, 6) is 0.261. The highest BCUT2D eigenvalue weighted by Gasteiger charge is 2.50. The summed E-state index contributed by atoms with van der Waals surface area (Å²) in [5.41, 5.74) is 3.18. The van der Waals surface area contributed by atoms with E-state index in [2.05, 4.69) is 0 Å². The monoisotopic (exact) mass is 560 g/mol. The lowest BCUT2D eigenvalue weighted by Crippen LogP contribution is -2.62. The number of ether oxygens (including phenoxy) is 5. The zero-order chi connectivity index (χ0) is 28.4. The first-order chi connectivity index (χ1) is 20.1. The molecule has 0 aromatic heterocycles. The van der Waals surface area contributed by atoms with Gasteiger partial charge in [-0.3, -0.25) is 0 Å². The minimum Gasteiger partial charge on any atom is -0.489 e. The predicted molar refractivity (Wildman–Crippen MR) is 155 cm³/mol. The van der Waals surface area contributed by atoms with Crippen LogP contribution >= 0.6 is 0 Å². The molecule has 2 aliphatic heterocycles. The maximum absolute atomic E-state index is 10.3. The Morgan fingerprint density at radius 3 is 1.88 bits per heavy atom. The molecule has 2 aliphatic rings. The Morgan fingerprint density at radius 2 is 1.32 bits per heavy atom. The second-order valence-electron chi connectivity index (χ2n) is 10.7. The Hall–Kier alpha value is -3.04. The lowest BCUT2D eigenvalue weighted by molar-refractivity contribution is -0.268. The first kappa shape index (κ1) is 29.5. The number of hydrogen-bond acceptors (Lipinski definition) is 7. The summed E-state index contributed by atoms with van der Waals surface area (Å²) in [4.78, 5) is 0. The first-order valence-corrected chi connectivity index (χ1v) is 14.4. The van der Waals surface area contributed by atoms with Crippen molar-refractivity contribution in [2.75, 3.05) is 13.2 Å². The summed E-state index contributed by atoms with van der Waals surface area (Å²) in [6.07, 6.45) is -0.448. The van der Waals surface area contributed by atoms with E-state index in [4.69, 9.17) is 23.7 Å². The van der Waals surface area contributed by atoms with Crippen molar-refractivity contribution < 1.29 is 33.9 Å². The van der Waals surface area contributed by atoms with Crippen LogP contribution in [0.25, 0.3) is 0 Å². The smallest absolute Gasteiger partial charge is 0.153 e. The maximum atomic E-state index is 10.3. The molecular weight excluding hydrogens is 520 g/mol. The number of fused-ring (bicyclic) bond motifs is 1. The summed E-state index contributed by atoms with van der Waals surface area (Å²) in [6, 6.07) is 30.1. The third-order valence-electron chi connectivity index (χ3n) is 7.73. The third-order valence-corrected chi connectivity index (χ3v) is 7.73. The van der Waals surface area contributed by atoms with Gasteiger partial charge >= 0.3 is 0 Å². The van der Waals surface area contributed by atoms with Crippen LogP contribution in [0.1, 0.15) is 30.0 Å². The van der Waals surface area contributed by atoms with E-state index < -0.39 is 24.4 Å². The molecule has 3 aromatic rings. The Bertz CT molecular complexity index is 1200. The van der Waals surface area contributed by atoms with Crippen molar-refractivity contribution in [3.05, 3.63) is 120 Å². The fraction of sp³-hybridized carbons (Fsp3) is 0.412. The zero-order valence-electron chi connectivity index (χ0n) is 23.5. The largest absolute Gasteiger partial charge is 0.489 e. The molecule has 3 aromatic carbocycles. The van der Waals surface area contributed by atoms with Crippen LogP contribution in [0.4, 0.5) is 0 Å². The highest BCUT2D eigenvalue weighted by molar-refractivity contribution is 5.16. The van der Waals surface area contributed by atoms with Crippen LogP contribution in [0.3, 0.4) is 0 Å². The number of benzene rings is 3. The molecule has 0 unspecified atom stereocenters. The van der Waals surface area contributed by atoms with Gasteiger partial charge in [-0.25, -0.2) is 0 Å². The van der Waals surface area contributed by atoms with Crippen LogP contribution < -0.4 is 0 Å². The fourth-order valence-electron chi connectivity index (χ4n) is 5.33. The van der Waals surface area contributed by atoms with E-state index in [0.29, 0.717) is 38.6 Å². The molecule has 218 valence electrons. The molecule has 0 saturated carbocycles. The standard InChI is InChI=1S/C34H40O7/c1-24(28(36)19-35)29-17-18-30-33(41-29)34(39-22-27-15-9-4-10-16-27)32(38-21-26-13-7-3-8-14-26)31(40-30)23-37-20-25-11-5-2-6-12-25/h2-17,24,28,30-36H,18-23H2,1H3/t24-,28-,30-,31+,32+,33-,34-/m0/s1. The summed E-state index contributed by atoms with van der Waals surface area (Å²) >= 11 is 0. The molecule has 0 aliphatic carbocycles. The van der Waals surface area contributed by atoms with Crippen LogP contribution in [0.5, 0.6) is 0 Å². The SMILES string of the molecule is C[C@H](C1=CC[C@@H]2O[C@H](COCc3ccccc3)[C@@H](OCc3ccccc3)[C@H](OCc3ccccc3)[C@H]2O1)[C@@H](O)CO. The Morgan fingerprint density at radius 1 is 0.780 bits per heavy atom. The minimum absolute atomic E-state index is 0.278. The molecule has 0 spiro atoms. The van der Waals surface area contributed by atoms with Crippen LogP contribution in [0, 0.1) is 5.92 Å². The molecule has 7 heteroatoms. The first-order valence-electron chi connectivity index (χ1n) is 14.4. The highest BCUT2D eigenvalue weighted by atomic mass is 16.6. The topological polar surface area (TPSA) is 86.6 Å². The van der Waals surface area contributed by atoms with E-state index in [1.807, 2.05) is 104 Å². The molecule has 2 heterocycles. The second-order valence-corrected chi connectivity index (χ2v) is 10.7. The van der Waals surface area contributed by atoms with Crippen molar-refractivity contribution >= 4 is 0 Å². The molecule has 1 fully saturated rings. The van der Waals surface area contributed by atoms with E-state index in [0.717, 1.165) is 16.7 Å². The van der Waals surface area contributed by atoms with E-state index in [1.54, 1.807) is 0 Å². The molecule has 0 radical (unpaired) electrons. The van der Waals surface area contributed by atoms with E-state index in [1.165, 1.54) is 0 Å². The van der Waals surface area contributed by atoms with Crippen molar-refractivity contribution in [1.29, 1.82) is 0 Å². The zero-order valence-corrected chi connectivity index (χ0v) is 23.5. The molecule has 1 saturated heterocycles. The lowest BCUT2D eigenvalue weighted by atomic mass is 9.89. The normalized spacial score (nSPS) is 25.4. The summed E-state index contributed by atoms with van der Waals surface area (Å²) < 4.78 is 32.5. The van der Waals surface area contributed by atoms with E-state index in [-0.39, 0.29) is 24.7 Å². The van der Waals surface area contributed by atoms with E-state index >= 15 is 0 Å². The van der Waals surface area contributed by atoms with Gasteiger partial charge in [0.2, 0.25) is 0 Å². The highest BCUT2D eigenvalue weighted by Crippen LogP contribution is 2.37. The average Bonchev–Trinajstić information content (AvgIpc) is 3.03. The van der Waals surface area contributed by atoms with Gasteiger partial charge in [-0.2, -0.15) is 0 Å². The fourth-order valence-corrected chi connectivity index (χ4v) is 5.33. The molecule has 7 atom stereocenters. The molecular formula is C34H40O7. The molecule has 41 heavy (non-hydrogen) atoms. The summed E-state index contributed by atoms with van der Waals surface area (Å²) in [7, 11) is 0. The molecule has 7 nitrogen and oxygen atoms in total. The van der Waals surface area contributed by atoms with Crippen LogP contribution in [-0.4, -0.2) is 60.1 Å². The lowest BCUT2D eigenvalue weighted by Gasteiger charge is -2.48. The van der Waals surface area contributed by atoms with Gasteiger partial charge in [-0.05, 0) is 29.2 Å². The van der Waals surface area contributed by atoms with E-state index in [9.17, 15) is 10.2 Å². The van der Waals surface area contributed by atoms with Gasteiger partial charge in [0, 0.05) is 5.92 Å². The quantitative estimate of drug-likeness (QED) is 0.311. The van der Waals surface area contributed by atoms with Gasteiger partial charge in [0.05, 0.1) is 44.9 Å². The van der Waals surface area contributed by atoms with Crippen molar-refractivity contribution in [1.82, 2.24) is 0 Å². The minimum atomic E-state index is -0.921. The summed E-state index contributed by atoms with van der Waals surface area (Å²) in [6.45, 7) is 3.07. The van der Waals surface area contributed by atoms with Gasteiger partial charge in [-0.1, -0.05) is 97.9 Å². The van der Waals surface area contributed by atoms with Gasteiger partial charge in [0.1, 0.15) is 24.4 Å². The number of hydrogen-bond donors (Lipinski definition) is 2. The van der Waals surface area contributed by atoms with Crippen molar-refractivity contribution in [3.63, 3.8) is 0 Å². The number of aliphatic hydroxyl groups excluding tert-OH is 2. The van der Waals surface area contributed by atoms with Gasteiger partial charge in [0.25, 0.3) is 0 Å². The molecule has 2 N–H and O–H groups in total. The Kier molecular flexibility index (Phi) is 10.6. The molecule has 0 amide bonds. The van der Waals surface area contributed by atoms with Crippen LogP contribution in [-0.2, 0) is 43.5 Å². The molecule has 0 bridgehead atoms. The predicted octanol–water partition coefficient (Wildman–Crippen LogP) is 4.80. The van der Waals surface area contributed by atoms with Crippen molar-refractivity contribution in [2.24, 2.45) is 5.92 Å². The average molecular weight is 561 g/mol. The Balaban J connectivity index is 1.39. The van der Waals surface area contributed by atoms with Crippen molar-refractivity contribution in [3.8, 4) is 0 Å². The number of rotatable bonds is 13. The third kappa shape index (κ3) is 7.83. The maximum Gasteiger partial charge on any atom is 0.153 e. The van der Waals surface area contributed by atoms with Gasteiger partial charge < -0.3 is 33.9 Å². The van der Waals surface area contributed by atoms with Gasteiger partial charge in [-0.15, -0.1) is 0 Å². The Labute approximate surface area is 242 Å². The second kappa shape index (κ2) is 14.7. The van der Waals surface area contributed by atoms with Crippen LogP contribution in [0.2, 0.25) is 0 Å². The van der Waals surface area contributed by atoms with Gasteiger partial charge in [0.15, 0.2) is 6.10 Å². The number of aliphatic hydroxyl groups is 2. The van der Waals surface area contributed by atoms with Crippen molar-refractivity contribution in [2.45, 2.75) is 69.8 Å². The van der Waals surface area contributed by atoms with Crippen LogP contribution in [0.15, 0.2) is 103 Å².